The summed E-state index contributed by atoms with van der Waals surface area (Å²) in [7, 11) is 1.38. The standard InChI is InChI=1S/C22H28N2O2/c1-16-15-24(13-11-17-6-4-3-5-7-17)21-14-18(8-9-19(16)21)20(10-12-23)22(25)26-2/h8-9,14-15,17,20H,3-7,10-11,13H2,1-2H3. The van der Waals surface area contributed by atoms with E-state index in [9.17, 15) is 4.79 Å². The number of methoxy groups -OCH3 is 1. The van der Waals surface area contributed by atoms with Crippen LogP contribution in [0.25, 0.3) is 10.9 Å². The van der Waals surface area contributed by atoms with Gasteiger partial charge in [0.05, 0.1) is 25.5 Å². The number of rotatable bonds is 6. The number of benzene rings is 1. The number of hydrogen-bond acceptors (Lipinski definition) is 3. The van der Waals surface area contributed by atoms with E-state index in [0.717, 1.165) is 23.5 Å². The van der Waals surface area contributed by atoms with Gasteiger partial charge >= 0.3 is 5.97 Å². The van der Waals surface area contributed by atoms with E-state index >= 15 is 0 Å². The van der Waals surface area contributed by atoms with Crippen molar-refractivity contribution in [2.75, 3.05) is 7.11 Å². The molecule has 0 aliphatic heterocycles. The third-order valence-corrected chi connectivity index (χ3v) is 5.79. The molecule has 1 aromatic carbocycles. The van der Waals surface area contributed by atoms with E-state index in [1.54, 1.807) is 0 Å². The van der Waals surface area contributed by atoms with Crippen molar-refractivity contribution in [3.63, 3.8) is 0 Å². The van der Waals surface area contributed by atoms with Crippen molar-refractivity contribution in [2.45, 2.75) is 64.3 Å². The van der Waals surface area contributed by atoms with E-state index in [-0.39, 0.29) is 12.4 Å². The molecule has 0 radical (unpaired) electrons. The van der Waals surface area contributed by atoms with Crippen LogP contribution in [0.3, 0.4) is 0 Å². The summed E-state index contributed by atoms with van der Waals surface area (Å²) in [5, 5.41) is 10.3. The van der Waals surface area contributed by atoms with Crippen molar-refractivity contribution in [3.8, 4) is 6.07 Å². The molecular formula is C22H28N2O2. The number of aryl methyl sites for hydroxylation is 2. The van der Waals surface area contributed by atoms with Crippen LogP contribution in [-0.2, 0) is 16.1 Å². The molecule has 1 saturated carbocycles. The molecular weight excluding hydrogens is 324 g/mol. The third kappa shape index (κ3) is 3.93. The molecule has 4 nitrogen and oxygen atoms in total. The highest BCUT2D eigenvalue weighted by atomic mass is 16.5. The number of carbonyl (C=O) groups excluding carboxylic acids is 1. The first-order chi connectivity index (χ1) is 12.6. The fourth-order valence-corrected chi connectivity index (χ4v) is 4.26. The summed E-state index contributed by atoms with van der Waals surface area (Å²) in [6.07, 6.45) is 10.4. The number of carbonyl (C=O) groups is 1. The minimum absolute atomic E-state index is 0.139. The van der Waals surface area contributed by atoms with E-state index in [1.807, 2.05) is 6.07 Å². The predicted octanol–water partition coefficient (Wildman–Crippen LogP) is 5.09. The van der Waals surface area contributed by atoms with Crippen LogP contribution >= 0.6 is 0 Å². The van der Waals surface area contributed by atoms with Gasteiger partial charge in [0.15, 0.2) is 0 Å². The molecule has 0 amide bonds. The summed E-state index contributed by atoms with van der Waals surface area (Å²) >= 11 is 0. The first-order valence-electron chi connectivity index (χ1n) is 9.68. The van der Waals surface area contributed by atoms with E-state index in [0.29, 0.717) is 0 Å². The largest absolute Gasteiger partial charge is 0.469 e. The fourth-order valence-electron chi connectivity index (χ4n) is 4.26. The topological polar surface area (TPSA) is 55.0 Å². The van der Waals surface area contributed by atoms with Crippen LogP contribution in [-0.4, -0.2) is 17.6 Å². The number of aromatic nitrogens is 1. The van der Waals surface area contributed by atoms with Crippen molar-refractivity contribution in [2.24, 2.45) is 5.92 Å². The molecule has 3 rings (SSSR count). The summed E-state index contributed by atoms with van der Waals surface area (Å²) in [5.41, 5.74) is 3.27. The Morgan fingerprint density at radius 2 is 2.12 bits per heavy atom. The van der Waals surface area contributed by atoms with Gasteiger partial charge < -0.3 is 9.30 Å². The Kier molecular flexibility index (Phi) is 5.98. The van der Waals surface area contributed by atoms with Gasteiger partial charge in [-0.25, -0.2) is 0 Å². The smallest absolute Gasteiger partial charge is 0.314 e. The Hall–Kier alpha value is -2.28. The number of nitriles is 1. The van der Waals surface area contributed by atoms with Gasteiger partial charge in [-0.3, -0.25) is 4.79 Å². The molecule has 1 fully saturated rings. The molecule has 26 heavy (non-hydrogen) atoms. The van der Waals surface area contributed by atoms with Gasteiger partial charge in [-0.1, -0.05) is 44.2 Å². The quantitative estimate of drug-likeness (QED) is 0.680. The molecule has 0 N–H and O–H groups in total. The summed E-state index contributed by atoms with van der Waals surface area (Å²) in [6, 6.07) is 8.21. The number of esters is 1. The average molecular weight is 352 g/mol. The fraction of sp³-hybridized carbons (Fsp3) is 0.545. The number of hydrogen-bond donors (Lipinski definition) is 0. The summed E-state index contributed by atoms with van der Waals surface area (Å²) < 4.78 is 7.22. The molecule has 4 heteroatoms. The van der Waals surface area contributed by atoms with E-state index in [2.05, 4.69) is 35.9 Å². The monoisotopic (exact) mass is 352 g/mol. The highest BCUT2D eigenvalue weighted by Crippen LogP contribution is 2.30. The zero-order chi connectivity index (χ0) is 18.5. The SMILES string of the molecule is COC(=O)C(CC#N)c1ccc2c(C)cn(CCC3CCCCC3)c2c1. The van der Waals surface area contributed by atoms with Gasteiger partial charge in [-0.2, -0.15) is 5.26 Å². The zero-order valence-corrected chi connectivity index (χ0v) is 15.8. The molecule has 2 aromatic rings. The van der Waals surface area contributed by atoms with E-state index in [1.165, 1.54) is 56.6 Å². The van der Waals surface area contributed by atoms with Crippen LogP contribution in [0.15, 0.2) is 24.4 Å². The molecule has 138 valence electrons. The van der Waals surface area contributed by atoms with Crippen LogP contribution in [0.4, 0.5) is 0 Å². The Morgan fingerprint density at radius 1 is 1.35 bits per heavy atom. The van der Waals surface area contributed by atoms with Crippen LogP contribution in [0.1, 0.15) is 62.0 Å². The van der Waals surface area contributed by atoms with Gasteiger partial charge in [-0.05, 0) is 36.5 Å². The Morgan fingerprint density at radius 3 is 2.81 bits per heavy atom. The molecule has 1 unspecified atom stereocenters. The maximum atomic E-state index is 12.1. The highest BCUT2D eigenvalue weighted by molar-refractivity contribution is 5.86. The predicted molar refractivity (Wildman–Crippen MR) is 103 cm³/mol. The van der Waals surface area contributed by atoms with Crippen molar-refractivity contribution in [1.82, 2.24) is 4.57 Å². The lowest BCUT2D eigenvalue weighted by Crippen LogP contribution is -2.14. The maximum absolute atomic E-state index is 12.1. The summed E-state index contributed by atoms with van der Waals surface area (Å²) in [4.78, 5) is 12.1. The lowest BCUT2D eigenvalue weighted by molar-refractivity contribution is -0.142. The Balaban J connectivity index is 1.87. The van der Waals surface area contributed by atoms with Crippen molar-refractivity contribution in [3.05, 3.63) is 35.5 Å². The Bertz CT molecular complexity index is 809. The van der Waals surface area contributed by atoms with Gasteiger partial charge in [0.25, 0.3) is 0 Å². The van der Waals surface area contributed by atoms with Crippen LogP contribution in [0.5, 0.6) is 0 Å². The Labute approximate surface area is 155 Å². The highest BCUT2D eigenvalue weighted by Gasteiger charge is 2.22. The van der Waals surface area contributed by atoms with Crippen molar-refractivity contribution >= 4 is 16.9 Å². The summed E-state index contributed by atoms with van der Waals surface area (Å²) in [6.45, 7) is 3.14. The first-order valence-corrected chi connectivity index (χ1v) is 9.68. The molecule has 0 spiro atoms. The minimum atomic E-state index is -0.517. The van der Waals surface area contributed by atoms with Crippen molar-refractivity contribution in [1.29, 1.82) is 5.26 Å². The average Bonchev–Trinajstić information content (AvgIpc) is 3.00. The molecule has 1 aliphatic rings. The van der Waals surface area contributed by atoms with Gasteiger partial charge in [0.1, 0.15) is 0 Å². The second kappa shape index (κ2) is 8.40. The van der Waals surface area contributed by atoms with Crippen LogP contribution < -0.4 is 0 Å². The molecule has 1 heterocycles. The normalized spacial score (nSPS) is 16.3. The molecule has 1 atom stereocenters. The number of ether oxygens (including phenoxy) is 1. The van der Waals surface area contributed by atoms with Crippen LogP contribution in [0, 0.1) is 24.2 Å². The zero-order valence-electron chi connectivity index (χ0n) is 15.8. The van der Waals surface area contributed by atoms with Gasteiger partial charge in [0.2, 0.25) is 0 Å². The lowest BCUT2D eigenvalue weighted by atomic mass is 9.87. The molecule has 1 aromatic heterocycles. The second-order valence-corrected chi connectivity index (χ2v) is 7.51. The minimum Gasteiger partial charge on any atom is -0.469 e. The second-order valence-electron chi connectivity index (χ2n) is 7.51. The number of fused-ring (bicyclic) bond motifs is 1. The lowest BCUT2D eigenvalue weighted by Gasteiger charge is -2.21. The molecule has 1 aliphatic carbocycles. The third-order valence-electron chi connectivity index (χ3n) is 5.79. The van der Waals surface area contributed by atoms with Crippen LogP contribution in [0.2, 0.25) is 0 Å². The number of nitrogens with zero attached hydrogens (tertiary/aromatic N) is 2. The van der Waals surface area contributed by atoms with E-state index < -0.39 is 5.92 Å². The maximum Gasteiger partial charge on any atom is 0.314 e. The summed E-state index contributed by atoms with van der Waals surface area (Å²) in [5.74, 6) is -0.0228. The molecule has 0 bridgehead atoms. The van der Waals surface area contributed by atoms with E-state index in [4.69, 9.17) is 10.00 Å². The van der Waals surface area contributed by atoms with Gasteiger partial charge in [0, 0.05) is 23.6 Å². The molecule has 0 saturated heterocycles. The first kappa shape index (κ1) is 18.5. The van der Waals surface area contributed by atoms with Crippen molar-refractivity contribution < 1.29 is 9.53 Å². The van der Waals surface area contributed by atoms with Gasteiger partial charge in [-0.15, -0.1) is 0 Å².